The van der Waals surface area contributed by atoms with E-state index >= 15 is 0 Å². The number of fused-ring (bicyclic) bond motifs is 2. The van der Waals surface area contributed by atoms with Crippen molar-refractivity contribution in [3.63, 3.8) is 0 Å². The largest absolute Gasteiger partial charge is 0.454 e. The van der Waals surface area contributed by atoms with Crippen LogP contribution in [0.1, 0.15) is 11.1 Å². The molecule has 1 N–H and O–H groups in total. The van der Waals surface area contributed by atoms with Gasteiger partial charge in [-0.1, -0.05) is 30.3 Å². The van der Waals surface area contributed by atoms with Gasteiger partial charge in [0.15, 0.2) is 11.5 Å². The van der Waals surface area contributed by atoms with E-state index in [0.29, 0.717) is 22.1 Å². The molecule has 0 radical (unpaired) electrons. The van der Waals surface area contributed by atoms with Crippen molar-refractivity contribution < 1.29 is 23.9 Å². The van der Waals surface area contributed by atoms with Gasteiger partial charge in [-0.15, -0.1) is 0 Å². The average Bonchev–Trinajstić information content (AvgIpc) is 3.58. The quantitative estimate of drug-likeness (QED) is 0.211. The van der Waals surface area contributed by atoms with Crippen LogP contribution in [0.5, 0.6) is 11.5 Å². The Morgan fingerprint density at radius 3 is 2.66 bits per heavy atom. The van der Waals surface area contributed by atoms with E-state index in [0.717, 1.165) is 37.4 Å². The highest BCUT2D eigenvalue weighted by atomic mass is 127. The molecule has 0 aliphatic carbocycles. The summed E-state index contributed by atoms with van der Waals surface area (Å²) in [4.78, 5) is 40.3. The van der Waals surface area contributed by atoms with Crippen LogP contribution in [0.25, 0.3) is 17.0 Å². The minimum atomic E-state index is -0.323. The van der Waals surface area contributed by atoms with Crippen LogP contribution in [-0.2, 0) is 22.7 Å². The molecule has 6 rings (SSSR count). The third kappa shape index (κ3) is 4.88. The summed E-state index contributed by atoms with van der Waals surface area (Å²) < 4.78 is 13.6. The Balaban J connectivity index is 1.22. The van der Waals surface area contributed by atoms with Crippen molar-refractivity contribution in [2.45, 2.75) is 13.1 Å². The number of hydrogen-bond donors (Lipinski definition) is 1. The fourth-order valence-corrected chi connectivity index (χ4v) is 5.59. The summed E-state index contributed by atoms with van der Waals surface area (Å²) in [6.07, 6.45) is 3.56. The number of benzene rings is 3. The maximum Gasteiger partial charge on any atom is 0.293 e. The maximum atomic E-state index is 13.1. The van der Waals surface area contributed by atoms with E-state index in [-0.39, 0.29) is 36.9 Å². The Hall–Kier alpha value is -3.77. The van der Waals surface area contributed by atoms with E-state index in [1.54, 1.807) is 24.3 Å². The van der Waals surface area contributed by atoms with Crippen molar-refractivity contribution >= 4 is 74.1 Å². The number of imide groups is 1. The molecule has 4 aromatic rings. The van der Waals surface area contributed by atoms with E-state index < -0.39 is 0 Å². The van der Waals surface area contributed by atoms with Crippen LogP contribution >= 0.6 is 34.4 Å². The SMILES string of the molecule is O=C(Cn1cc(/C=C2\SC(=O)N(Cc3ccc(I)cc3)C2=O)c2ccccc21)Nc1ccc2c(c1)OCO2. The fraction of sp³-hybridized carbons (Fsp3) is 0.107. The Bertz CT molecular complexity index is 1630. The van der Waals surface area contributed by atoms with Crippen molar-refractivity contribution in [2.75, 3.05) is 12.1 Å². The van der Waals surface area contributed by atoms with Crippen LogP contribution in [0.2, 0.25) is 0 Å². The molecule has 1 aromatic heterocycles. The van der Waals surface area contributed by atoms with Gasteiger partial charge in [-0.25, -0.2) is 0 Å². The van der Waals surface area contributed by atoms with Crippen LogP contribution in [0.4, 0.5) is 10.5 Å². The number of ether oxygens (including phenoxy) is 2. The van der Waals surface area contributed by atoms with Gasteiger partial charge in [-0.2, -0.15) is 0 Å². The fourth-order valence-electron chi connectivity index (χ4n) is 4.40. The molecule has 3 heterocycles. The molecular formula is C28H20IN3O5S. The van der Waals surface area contributed by atoms with E-state index in [1.165, 1.54) is 4.90 Å². The molecular weight excluding hydrogens is 617 g/mol. The van der Waals surface area contributed by atoms with Crippen molar-refractivity contribution in [1.82, 2.24) is 9.47 Å². The van der Waals surface area contributed by atoms with Gasteiger partial charge >= 0.3 is 0 Å². The summed E-state index contributed by atoms with van der Waals surface area (Å²) in [5.41, 5.74) is 3.10. The van der Waals surface area contributed by atoms with Gasteiger partial charge in [-0.05, 0) is 76.3 Å². The molecule has 10 heteroatoms. The van der Waals surface area contributed by atoms with Gasteiger partial charge in [0.25, 0.3) is 11.1 Å². The third-order valence-corrected chi connectivity index (χ3v) is 7.83. The number of nitrogens with zero attached hydrogens (tertiary/aromatic N) is 2. The number of rotatable bonds is 6. The lowest BCUT2D eigenvalue weighted by molar-refractivity contribution is -0.123. The zero-order valence-corrected chi connectivity index (χ0v) is 22.8. The van der Waals surface area contributed by atoms with E-state index in [1.807, 2.05) is 59.3 Å². The lowest BCUT2D eigenvalue weighted by Crippen LogP contribution is -2.27. The number of para-hydroxylation sites is 1. The highest BCUT2D eigenvalue weighted by Gasteiger charge is 2.35. The first kappa shape index (κ1) is 24.6. The standard InChI is InChI=1S/C28H20IN3O5S/c29-19-7-5-17(6-8-19)13-32-27(34)25(38-28(32)35)11-18-14-31(22-4-2-1-3-21(18)22)15-26(33)30-20-9-10-23-24(12-20)37-16-36-23/h1-12,14H,13,15-16H2,(H,30,33)/b25-11-. The third-order valence-electron chi connectivity index (χ3n) is 6.20. The molecule has 0 unspecified atom stereocenters. The predicted molar refractivity (Wildman–Crippen MR) is 154 cm³/mol. The molecule has 0 bridgehead atoms. The lowest BCUT2D eigenvalue weighted by atomic mass is 10.1. The first-order valence-electron chi connectivity index (χ1n) is 11.7. The molecule has 2 aliphatic heterocycles. The van der Waals surface area contributed by atoms with E-state index in [2.05, 4.69) is 27.9 Å². The Morgan fingerprint density at radius 1 is 1.03 bits per heavy atom. The van der Waals surface area contributed by atoms with Crippen LogP contribution in [0, 0.1) is 3.57 Å². The van der Waals surface area contributed by atoms with E-state index in [4.69, 9.17) is 9.47 Å². The van der Waals surface area contributed by atoms with Crippen molar-refractivity contribution in [1.29, 1.82) is 0 Å². The topological polar surface area (TPSA) is 89.9 Å². The Labute approximate surface area is 235 Å². The van der Waals surface area contributed by atoms with Crippen molar-refractivity contribution in [3.05, 3.63) is 92.5 Å². The van der Waals surface area contributed by atoms with Gasteiger partial charge in [0, 0.05) is 38.0 Å². The van der Waals surface area contributed by atoms with Gasteiger partial charge in [0.05, 0.1) is 11.4 Å². The summed E-state index contributed by atoms with van der Waals surface area (Å²) >= 11 is 3.14. The number of aromatic nitrogens is 1. The van der Waals surface area contributed by atoms with E-state index in [9.17, 15) is 14.4 Å². The van der Waals surface area contributed by atoms with Gasteiger partial charge in [-0.3, -0.25) is 19.3 Å². The van der Waals surface area contributed by atoms with Crippen LogP contribution < -0.4 is 14.8 Å². The number of carbonyl (C=O) groups is 3. The molecule has 1 fully saturated rings. The van der Waals surface area contributed by atoms with Gasteiger partial charge in [0.1, 0.15) is 6.54 Å². The zero-order valence-electron chi connectivity index (χ0n) is 19.8. The number of nitrogens with one attached hydrogen (secondary N) is 1. The number of carbonyl (C=O) groups excluding carboxylic acids is 3. The monoisotopic (exact) mass is 637 g/mol. The summed E-state index contributed by atoms with van der Waals surface area (Å²) in [5, 5.41) is 3.47. The second-order valence-corrected chi connectivity index (χ2v) is 11.0. The number of amides is 3. The Kier molecular flexibility index (Phi) is 6.58. The number of thioether (sulfide) groups is 1. The first-order valence-corrected chi connectivity index (χ1v) is 13.6. The molecule has 3 aromatic carbocycles. The Morgan fingerprint density at radius 2 is 1.82 bits per heavy atom. The normalized spacial score (nSPS) is 15.6. The first-order chi connectivity index (χ1) is 18.4. The molecule has 2 aliphatic rings. The summed E-state index contributed by atoms with van der Waals surface area (Å²) in [6, 6.07) is 20.6. The highest BCUT2D eigenvalue weighted by Crippen LogP contribution is 2.36. The van der Waals surface area contributed by atoms with Crippen LogP contribution in [-0.4, -0.2) is 33.3 Å². The maximum absolute atomic E-state index is 13.1. The number of hydrogen-bond acceptors (Lipinski definition) is 6. The molecule has 1 saturated heterocycles. The van der Waals surface area contributed by atoms with Gasteiger partial charge in [0.2, 0.25) is 12.7 Å². The minimum Gasteiger partial charge on any atom is -0.454 e. The minimum absolute atomic E-state index is 0.0665. The molecule has 0 spiro atoms. The predicted octanol–water partition coefficient (Wildman–Crippen LogP) is 5.85. The average molecular weight is 637 g/mol. The molecule has 0 saturated carbocycles. The molecule has 38 heavy (non-hydrogen) atoms. The number of halogens is 1. The molecule has 3 amide bonds. The molecule has 0 atom stereocenters. The smallest absolute Gasteiger partial charge is 0.293 e. The van der Waals surface area contributed by atoms with Crippen LogP contribution in [0.3, 0.4) is 0 Å². The number of anilines is 1. The summed E-state index contributed by atoms with van der Waals surface area (Å²) in [5.74, 6) is 0.699. The summed E-state index contributed by atoms with van der Waals surface area (Å²) in [6.45, 7) is 0.452. The van der Waals surface area contributed by atoms with Crippen LogP contribution in [0.15, 0.2) is 77.8 Å². The highest BCUT2D eigenvalue weighted by molar-refractivity contribution is 14.1. The zero-order chi connectivity index (χ0) is 26.2. The second-order valence-electron chi connectivity index (χ2n) is 8.74. The van der Waals surface area contributed by atoms with Crippen molar-refractivity contribution in [2.24, 2.45) is 0 Å². The lowest BCUT2D eigenvalue weighted by Gasteiger charge is -2.12. The molecule has 190 valence electrons. The van der Waals surface area contributed by atoms with Gasteiger partial charge < -0.3 is 19.4 Å². The summed E-state index contributed by atoms with van der Waals surface area (Å²) in [7, 11) is 0. The van der Waals surface area contributed by atoms with Crippen molar-refractivity contribution in [3.8, 4) is 11.5 Å². The second kappa shape index (κ2) is 10.2. The molecule has 8 nitrogen and oxygen atoms in total.